The molecule has 0 radical (unpaired) electrons. The van der Waals surface area contributed by atoms with Gasteiger partial charge in [-0.1, -0.05) is 25.1 Å². The van der Waals surface area contributed by atoms with Crippen LogP contribution < -0.4 is 10.6 Å². The van der Waals surface area contributed by atoms with Gasteiger partial charge in [0.2, 0.25) is 5.91 Å². The molecule has 0 spiro atoms. The summed E-state index contributed by atoms with van der Waals surface area (Å²) in [6, 6.07) is 7.83. The van der Waals surface area contributed by atoms with E-state index in [1.807, 2.05) is 38.1 Å². The monoisotopic (exact) mass is 292 g/mol. The summed E-state index contributed by atoms with van der Waals surface area (Å²) < 4.78 is 10.9. The van der Waals surface area contributed by atoms with Crippen molar-refractivity contribution in [1.82, 2.24) is 5.32 Å². The van der Waals surface area contributed by atoms with E-state index >= 15 is 0 Å². The molecule has 21 heavy (non-hydrogen) atoms. The lowest BCUT2D eigenvalue weighted by molar-refractivity contribution is -0.120. The topological polar surface area (TPSA) is 59.6 Å². The Hall–Kier alpha value is -1.43. The Morgan fingerprint density at radius 3 is 2.90 bits per heavy atom. The molecule has 5 heteroatoms. The molecule has 2 rings (SSSR count). The lowest BCUT2D eigenvalue weighted by atomic mass is 10.0. The summed E-state index contributed by atoms with van der Waals surface area (Å²) in [4.78, 5) is 12.5. The molecule has 1 aromatic carbocycles. The van der Waals surface area contributed by atoms with E-state index < -0.39 is 0 Å². The molecule has 1 amide bonds. The second kappa shape index (κ2) is 8.12. The average molecular weight is 292 g/mol. The third kappa shape index (κ3) is 4.27. The normalized spacial score (nSPS) is 21.4. The van der Waals surface area contributed by atoms with Crippen molar-refractivity contribution >= 4 is 11.6 Å². The molecule has 1 aliphatic rings. The predicted molar refractivity (Wildman–Crippen MR) is 82.2 cm³/mol. The van der Waals surface area contributed by atoms with Gasteiger partial charge in [-0.15, -0.1) is 0 Å². The van der Waals surface area contributed by atoms with E-state index in [0.29, 0.717) is 26.4 Å². The number of rotatable bonds is 7. The predicted octanol–water partition coefficient (Wildman–Crippen LogP) is 1.79. The number of hydrogen-bond acceptors (Lipinski definition) is 4. The summed E-state index contributed by atoms with van der Waals surface area (Å²) >= 11 is 0. The maximum Gasteiger partial charge on any atom is 0.231 e. The van der Waals surface area contributed by atoms with Gasteiger partial charge in [0.1, 0.15) is 0 Å². The van der Waals surface area contributed by atoms with Crippen LogP contribution in [0.4, 0.5) is 5.69 Å². The molecule has 2 atom stereocenters. The molecule has 1 fully saturated rings. The first-order valence-electron chi connectivity index (χ1n) is 7.53. The average Bonchev–Trinajstić information content (AvgIpc) is 2.95. The summed E-state index contributed by atoms with van der Waals surface area (Å²) in [6.07, 6.45) is 0. The SMILES string of the molecule is CCNC1COCC1C(=O)Nc1ccccc1COCC. The first kappa shape index (κ1) is 15.9. The fourth-order valence-electron chi connectivity index (χ4n) is 2.48. The van der Waals surface area contributed by atoms with E-state index in [1.165, 1.54) is 0 Å². The van der Waals surface area contributed by atoms with Crippen LogP contribution in [-0.2, 0) is 20.9 Å². The molecule has 5 nitrogen and oxygen atoms in total. The van der Waals surface area contributed by atoms with E-state index in [2.05, 4.69) is 10.6 Å². The smallest absolute Gasteiger partial charge is 0.231 e. The van der Waals surface area contributed by atoms with Gasteiger partial charge < -0.3 is 20.1 Å². The van der Waals surface area contributed by atoms with Gasteiger partial charge in [0.25, 0.3) is 0 Å². The van der Waals surface area contributed by atoms with Gasteiger partial charge in [-0.25, -0.2) is 0 Å². The van der Waals surface area contributed by atoms with Gasteiger partial charge >= 0.3 is 0 Å². The van der Waals surface area contributed by atoms with Crippen LogP contribution in [-0.4, -0.2) is 38.3 Å². The minimum atomic E-state index is -0.148. The maximum absolute atomic E-state index is 12.5. The van der Waals surface area contributed by atoms with E-state index in [-0.39, 0.29) is 17.9 Å². The van der Waals surface area contributed by atoms with Gasteiger partial charge in [-0.05, 0) is 19.5 Å². The molecular weight excluding hydrogens is 268 g/mol. The lowest BCUT2D eigenvalue weighted by Crippen LogP contribution is -2.41. The number of carbonyl (C=O) groups is 1. The van der Waals surface area contributed by atoms with Gasteiger partial charge in [-0.2, -0.15) is 0 Å². The minimum Gasteiger partial charge on any atom is -0.379 e. The Kier molecular flexibility index (Phi) is 6.17. The number of anilines is 1. The zero-order valence-electron chi connectivity index (χ0n) is 12.7. The van der Waals surface area contributed by atoms with Crippen LogP contribution >= 0.6 is 0 Å². The summed E-state index contributed by atoms with van der Waals surface area (Å²) in [5.41, 5.74) is 1.81. The molecule has 1 saturated heterocycles. The molecule has 0 bridgehead atoms. The van der Waals surface area contributed by atoms with Crippen molar-refractivity contribution in [2.75, 3.05) is 31.7 Å². The molecule has 2 N–H and O–H groups in total. The molecule has 2 unspecified atom stereocenters. The van der Waals surface area contributed by atoms with Crippen LogP contribution in [0.5, 0.6) is 0 Å². The van der Waals surface area contributed by atoms with Crippen molar-refractivity contribution in [3.63, 3.8) is 0 Å². The van der Waals surface area contributed by atoms with Crippen LogP contribution in [0.1, 0.15) is 19.4 Å². The van der Waals surface area contributed by atoms with Crippen LogP contribution in [0.25, 0.3) is 0 Å². The van der Waals surface area contributed by atoms with Crippen molar-refractivity contribution < 1.29 is 14.3 Å². The molecule has 0 aromatic heterocycles. The summed E-state index contributed by atoms with van der Waals surface area (Å²) in [5, 5.41) is 6.31. The number of ether oxygens (including phenoxy) is 2. The highest BCUT2D eigenvalue weighted by atomic mass is 16.5. The number of likely N-dealkylation sites (N-methyl/N-ethyl adjacent to an activating group) is 1. The zero-order chi connectivity index (χ0) is 15.1. The second-order valence-corrected chi connectivity index (χ2v) is 5.09. The number of carbonyl (C=O) groups excluding carboxylic acids is 1. The molecule has 1 heterocycles. The Bertz CT molecular complexity index is 465. The van der Waals surface area contributed by atoms with Gasteiger partial charge in [-0.3, -0.25) is 4.79 Å². The Morgan fingerprint density at radius 1 is 1.33 bits per heavy atom. The third-order valence-corrected chi connectivity index (χ3v) is 3.62. The summed E-state index contributed by atoms with van der Waals surface area (Å²) in [6.45, 7) is 7.04. The van der Waals surface area contributed by atoms with Crippen molar-refractivity contribution in [3.8, 4) is 0 Å². The standard InChI is InChI=1S/C16H24N2O3/c1-3-17-15-11-21-10-13(15)16(19)18-14-8-6-5-7-12(14)9-20-4-2/h5-8,13,15,17H,3-4,9-11H2,1-2H3,(H,18,19). The van der Waals surface area contributed by atoms with Crippen LogP contribution in [0.2, 0.25) is 0 Å². The van der Waals surface area contributed by atoms with E-state index in [0.717, 1.165) is 17.8 Å². The first-order chi connectivity index (χ1) is 10.3. The second-order valence-electron chi connectivity index (χ2n) is 5.09. The molecule has 0 saturated carbocycles. The van der Waals surface area contributed by atoms with E-state index in [4.69, 9.17) is 9.47 Å². The van der Waals surface area contributed by atoms with Crippen LogP contribution in [0.15, 0.2) is 24.3 Å². The number of hydrogen-bond donors (Lipinski definition) is 2. The number of nitrogens with one attached hydrogen (secondary N) is 2. The number of para-hydroxylation sites is 1. The largest absolute Gasteiger partial charge is 0.379 e. The highest BCUT2D eigenvalue weighted by Crippen LogP contribution is 2.20. The van der Waals surface area contributed by atoms with Crippen molar-refractivity contribution in [2.24, 2.45) is 5.92 Å². The fourth-order valence-corrected chi connectivity index (χ4v) is 2.48. The van der Waals surface area contributed by atoms with Crippen LogP contribution in [0.3, 0.4) is 0 Å². The Labute approximate surface area is 126 Å². The molecular formula is C16H24N2O3. The Balaban J connectivity index is 2.02. The first-order valence-corrected chi connectivity index (χ1v) is 7.53. The van der Waals surface area contributed by atoms with E-state index in [9.17, 15) is 4.79 Å². The zero-order valence-corrected chi connectivity index (χ0v) is 12.7. The highest BCUT2D eigenvalue weighted by Gasteiger charge is 2.33. The summed E-state index contributed by atoms with van der Waals surface area (Å²) in [5.74, 6) is -0.146. The number of benzene rings is 1. The summed E-state index contributed by atoms with van der Waals surface area (Å²) in [7, 11) is 0. The molecule has 0 aliphatic carbocycles. The quantitative estimate of drug-likeness (QED) is 0.804. The molecule has 116 valence electrons. The Morgan fingerprint density at radius 2 is 2.14 bits per heavy atom. The molecule has 1 aliphatic heterocycles. The molecule has 1 aromatic rings. The van der Waals surface area contributed by atoms with Crippen LogP contribution in [0, 0.1) is 5.92 Å². The fraction of sp³-hybridized carbons (Fsp3) is 0.562. The van der Waals surface area contributed by atoms with Crippen molar-refractivity contribution in [3.05, 3.63) is 29.8 Å². The highest BCUT2D eigenvalue weighted by molar-refractivity contribution is 5.94. The van der Waals surface area contributed by atoms with Crippen molar-refractivity contribution in [1.29, 1.82) is 0 Å². The van der Waals surface area contributed by atoms with Crippen molar-refractivity contribution in [2.45, 2.75) is 26.5 Å². The van der Waals surface area contributed by atoms with Gasteiger partial charge in [0.05, 0.1) is 25.7 Å². The lowest BCUT2D eigenvalue weighted by Gasteiger charge is -2.19. The van der Waals surface area contributed by atoms with E-state index in [1.54, 1.807) is 0 Å². The van der Waals surface area contributed by atoms with Gasteiger partial charge in [0, 0.05) is 23.9 Å². The minimum absolute atomic E-state index is 0.00222. The number of amides is 1. The third-order valence-electron chi connectivity index (χ3n) is 3.62. The van der Waals surface area contributed by atoms with Gasteiger partial charge in [0.15, 0.2) is 0 Å². The maximum atomic E-state index is 12.5.